The maximum atomic E-state index is 12.6. The number of nitrogens with one attached hydrogen (secondary N) is 1. The molecule has 1 N–H and O–H groups in total. The molecule has 3 rings (SSSR count). The van der Waals surface area contributed by atoms with Crippen LogP contribution in [0.15, 0.2) is 48.8 Å². The number of carbonyl (C=O) groups excluding carboxylic acids is 2. The van der Waals surface area contributed by atoms with E-state index in [1.807, 2.05) is 12.3 Å². The van der Waals surface area contributed by atoms with Gasteiger partial charge in [-0.3, -0.25) is 19.5 Å². The van der Waals surface area contributed by atoms with Crippen LogP contribution in [0, 0.1) is 0 Å². The molecule has 1 saturated heterocycles. The van der Waals surface area contributed by atoms with E-state index in [0.29, 0.717) is 17.7 Å². The van der Waals surface area contributed by atoms with Gasteiger partial charge in [0.25, 0.3) is 11.8 Å². The van der Waals surface area contributed by atoms with Gasteiger partial charge in [-0.2, -0.15) is 0 Å². The van der Waals surface area contributed by atoms with Crippen LogP contribution in [-0.2, 0) is 0 Å². The molecule has 27 heavy (non-hydrogen) atoms. The molecule has 1 fully saturated rings. The van der Waals surface area contributed by atoms with E-state index in [-0.39, 0.29) is 17.9 Å². The molecule has 1 aromatic carbocycles. The summed E-state index contributed by atoms with van der Waals surface area (Å²) in [5.74, 6) is -0.209. The zero-order chi connectivity index (χ0) is 19.2. The summed E-state index contributed by atoms with van der Waals surface area (Å²) in [6.07, 6.45) is 6.01. The van der Waals surface area contributed by atoms with Gasteiger partial charge in [0.2, 0.25) is 0 Å². The van der Waals surface area contributed by atoms with Gasteiger partial charge in [0, 0.05) is 44.2 Å². The Balaban J connectivity index is 1.66. The third-order valence-corrected chi connectivity index (χ3v) is 4.91. The van der Waals surface area contributed by atoms with Gasteiger partial charge in [-0.15, -0.1) is 0 Å². The number of hydrogen-bond donors (Lipinski definition) is 1. The Bertz CT molecular complexity index is 769. The molecule has 1 atom stereocenters. The predicted molar refractivity (Wildman–Crippen MR) is 105 cm³/mol. The number of amides is 2. The SMILES string of the molecule is CN(C)C(=O)c1ccc(C(=O)NCC(c2cccnc2)N2CCCC2)cc1. The van der Waals surface area contributed by atoms with Gasteiger partial charge >= 0.3 is 0 Å². The molecule has 0 spiro atoms. The minimum Gasteiger partial charge on any atom is -0.350 e. The highest BCUT2D eigenvalue weighted by atomic mass is 16.2. The van der Waals surface area contributed by atoms with Crippen molar-refractivity contribution in [2.24, 2.45) is 0 Å². The first kappa shape index (κ1) is 19.0. The van der Waals surface area contributed by atoms with Gasteiger partial charge < -0.3 is 10.2 Å². The number of benzene rings is 1. The summed E-state index contributed by atoms with van der Waals surface area (Å²) in [6.45, 7) is 2.61. The summed E-state index contributed by atoms with van der Waals surface area (Å²) >= 11 is 0. The molecule has 0 saturated carbocycles. The average Bonchev–Trinajstić information content (AvgIpc) is 3.23. The molecule has 0 bridgehead atoms. The van der Waals surface area contributed by atoms with Crippen molar-refractivity contribution in [2.45, 2.75) is 18.9 Å². The maximum Gasteiger partial charge on any atom is 0.253 e. The largest absolute Gasteiger partial charge is 0.350 e. The van der Waals surface area contributed by atoms with Crippen LogP contribution in [0.25, 0.3) is 0 Å². The van der Waals surface area contributed by atoms with Gasteiger partial charge in [0.05, 0.1) is 6.04 Å². The van der Waals surface area contributed by atoms with Crippen molar-refractivity contribution >= 4 is 11.8 Å². The second-order valence-corrected chi connectivity index (χ2v) is 7.03. The number of likely N-dealkylation sites (tertiary alicyclic amines) is 1. The van der Waals surface area contributed by atoms with Crippen LogP contribution in [0.1, 0.15) is 45.2 Å². The second kappa shape index (κ2) is 8.77. The van der Waals surface area contributed by atoms with Crippen molar-refractivity contribution < 1.29 is 9.59 Å². The van der Waals surface area contributed by atoms with E-state index in [4.69, 9.17) is 0 Å². The number of aromatic nitrogens is 1. The number of hydrogen-bond acceptors (Lipinski definition) is 4. The van der Waals surface area contributed by atoms with Crippen molar-refractivity contribution in [1.82, 2.24) is 20.1 Å². The lowest BCUT2D eigenvalue weighted by atomic mass is 10.1. The van der Waals surface area contributed by atoms with E-state index in [1.165, 1.54) is 17.7 Å². The van der Waals surface area contributed by atoms with Crippen LogP contribution in [-0.4, -0.2) is 60.3 Å². The molecule has 142 valence electrons. The van der Waals surface area contributed by atoms with Crippen LogP contribution in [0.5, 0.6) is 0 Å². The third kappa shape index (κ3) is 4.71. The average molecular weight is 366 g/mol. The molecule has 1 aromatic heterocycles. The summed E-state index contributed by atoms with van der Waals surface area (Å²) < 4.78 is 0. The normalized spacial score (nSPS) is 15.3. The van der Waals surface area contributed by atoms with E-state index in [0.717, 1.165) is 18.7 Å². The van der Waals surface area contributed by atoms with Crippen LogP contribution < -0.4 is 5.32 Å². The fourth-order valence-corrected chi connectivity index (χ4v) is 3.40. The first-order chi connectivity index (χ1) is 13.1. The number of rotatable bonds is 6. The van der Waals surface area contributed by atoms with E-state index in [1.54, 1.807) is 44.6 Å². The Hall–Kier alpha value is -2.73. The quantitative estimate of drug-likeness (QED) is 0.852. The molecular formula is C21H26N4O2. The highest BCUT2D eigenvalue weighted by Gasteiger charge is 2.24. The first-order valence-corrected chi connectivity index (χ1v) is 9.30. The Morgan fingerprint density at radius 2 is 1.78 bits per heavy atom. The Kier molecular flexibility index (Phi) is 6.19. The fraction of sp³-hybridized carbons (Fsp3) is 0.381. The first-order valence-electron chi connectivity index (χ1n) is 9.30. The van der Waals surface area contributed by atoms with Crippen LogP contribution in [0.4, 0.5) is 0 Å². The van der Waals surface area contributed by atoms with E-state index < -0.39 is 0 Å². The van der Waals surface area contributed by atoms with E-state index >= 15 is 0 Å². The molecule has 2 amide bonds. The zero-order valence-corrected chi connectivity index (χ0v) is 15.9. The maximum absolute atomic E-state index is 12.6. The predicted octanol–water partition coefficient (Wildman–Crippen LogP) is 2.35. The number of carbonyl (C=O) groups is 2. The van der Waals surface area contributed by atoms with Gasteiger partial charge in [0.1, 0.15) is 0 Å². The Labute approximate surface area is 160 Å². The van der Waals surface area contributed by atoms with Crippen molar-refractivity contribution in [3.63, 3.8) is 0 Å². The summed E-state index contributed by atoms with van der Waals surface area (Å²) in [6, 6.07) is 10.9. The molecule has 6 nitrogen and oxygen atoms in total. The minimum atomic E-state index is -0.132. The molecular weight excluding hydrogens is 340 g/mol. The van der Waals surface area contributed by atoms with Crippen molar-refractivity contribution in [2.75, 3.05) is 33.7 Å². The lowest BCUT2D eigenvalue weighted by Crippen LogP contribution is -2.36. The highest BCUT2D eigenvalue weighted by molar-refractivity contribution is 5.97. The molecule has 2 aromatic rings. The number of nitrogens with zero attached hydrogens (tertiary/aromatic N) is 3. The summed E-state index contributed by atoms with van der Waals surface area (Å²) in [5, 5.41) is 3.04. The summed E-state index contributed by atoms with van der Waals surface area (Å²) in [5.41, 5.74) is 2.24. The monoisotopic (exact) mass is 366 g/mol. The van der Waals surface area contributed by atoms with Gasteiger partial charge in [0.15, 0.2) is 0 Å². The van der Waals surface area contributed by atoms with E-state index in [9.17, 15) is 9.59 Å². The summed E-state index contributed by atoms with van der Waals surface area (Å²) in [4.78, 5) is 32.7. The standard InChI is InChI=1S/C21H26N4O2/c1-24(2)21(27)17-9-7-16(8-10-17)20(26)23-15-19(25-12-3-4-13-25)18-6-5-11-22-14-18/h5-11,14,19H,3-4,12-13,15H2,1-2H3,(H,23,26). The van der Waals surface area contributed by atoms with Crippen LogP contribution >= 0.6 is 0 Å². The van der Waals surface area contributed by atoms with E-state index in [2.05, 4.69) is 21.3 Å². The van der Waals surface area contributed by atoms with Gasteiger partial charge in [-0.05, 0) is 61.8 Å². The van der Waals surface area contributed by atoms with Crippen molar-refractivity contribution in [3.8, 4) is 0 Å². The molecule has 2 heterocycles. The third-order valence-electron chi connectivity index (χ3n) is 4.91. The van der Waals surface area contributed by atoms with Gasteiger partial charge in [-0.25, -0.2) is 0 Å². The lowest BCUT2D eigenvalue weighted by molar-refractivity contribution is 0.0826. The molecule has 0 aliphatic carbocycles. The molecule has 6 heteroatoms. The second-order valence-electron chi connectivity index (χ2n) is 7.03. The lowest BCUT2D eigenvalue weighted by Gasteiger charge is -2.28. The minimum absolute atomic E-state index is 0.0763. The Morgan fingerprint density at radius 3 is 2.37 bits per heavy atom. The van der Waals surface area contributed by atoms with Crippen molar-refractivity contribution in [1.29, 1.82) is 0 Å². The highest BCUT2D eigenvalue weighted by Crippen LogP contribution is 2.24. The Morgan fingerprint density at radius 1 is 1.11 bits per heavy atom. The van der Waals surface area contributed by atoms with Crippen molar-refractivity contribution in [3.05, 3.63) is 65.5 Å². The van der Waals surface area contributed by atoms with Crippen LogP contribution in [0.2, 0.25) is 0 Å². The molecule has 1 unspecified atom stereocenters. The number of pyridine rings is 1. The van der Waals surface area contributed by atoms with Crippen LogP contribution in [0.3, 0.4) is 0 Å². The smallest absolute Gasteiger partial charge is 0.253 e. The van der Waals surface area contributed by atoms with Gasteiger partial charge in [-0.1, -0.05) is 6.07 Å². The topological polar surface area (TPSA) is 65.5 Å². The zero-order valence-electron chi connectivity index (χ0n) is 15.9. The molecule has 1 aliphatic rings. The summed E-state index contributed by atoms with van der Waals surface area (Å²) in [7, 11) is 3.42. The molecule has 1 aliphatic heterocycles. The fourth-order valence-electron chi connectivity index (χ4n) is 3.40. The molecule has 0 radical (unpaired) electrons.